The number of carbonyl (C=O) groups is 2. The minimum atomic E-state index is -0.820. The van der Waals surface area contributed by atoms with E-state index in [1.165, 1.54) is 6.07 Å². The van der Waals surface area contributed by atoms with Gasteiger partial charge in [0.05, 0.1) is 12.6 Å². The van der Waals surface area contributed by atoms with Crippen LogP contribution < -0.4 is 5.73 Å². The molecule has 4 atom stereocenters. The maximum absolute atomic E-state index is 14.9. The largest absolute Gasteiger partial charge is 0.464 e. The summed E-state index contributed by atoms with van der Waals surface area (Å²) in [7, 11) is 0. The van der Waals surface area contributed by atoms with Gasteiger partial charge in [0.2, 0.25) is 5.91 Å². The average molecular weight is 419 g/mol. The minimum Gasteiger partial charge on any atom is -0.464 e. The molecule has 0 spiro atoms. The second-order valence-electron chi connectivity index (χ2n) is 9.71. The lowest BCUT2D eigenvalue weighted by Crippen LogP contribution is -2.50. The summed E-state index contributed by atoms with van der Waals surface area (Å²) in [5.74, 6) is -1.46. The van der Waals surface area contributed by atoms with Crippen molar-refractivity contribution >= 4 is 11.9 Å². The number of carbonyl (C=O) groups excluding carboxylic acids is 2. The molecule has 2 fully saturated rings. The third-order valence-corrected chi connectivity index (χ3v) is 6.68. The molecule has 1 aliphatic carbocycles. The van der Waals surface area contributed by atoms with Gasteiger partial charge in [0.15, 0.2) is 0 Å². The van der Waals surface area contributed by atoms with Crippen LogP contribution in [0.2, 0.25) is 0 Å². The summed E-state index contributed by atoms with van der Waals surface area (Å²) in [5.41, 5.74) is 6.72. The molecule has 2 N–H and O–H groups in total. The summed E-state index contributed by atoms with van der Waals surface area (Å²) in [6.07, 6.45) is 4.70. The fourth-order valence-electron chi connectivity index (χ4n) is 5.38. The number of amides is 1. The molecule has 5 nitrogen and oxygen atoms in total. The van der Waals surface area contributed by atoms with Crippen LogP contribution in [0.5, 0.6) is 0 Å². The van der Waals surface area contributed by atoms with E-state index in [0.29, 0.717) is 5.56 Å². The van der Waals surface area contributed by atoms with Gasteiger partial charge in [-0.05, 0) is 31.2 Å². The Hall–Kier alpha value is -1.95. The van der Waals surface area contributed by atoms with Crippen molar-refractivity contribution in [2.24, 2.45) is 23.0 Å². The van der Waals surface area contributed by atoms with Gasteiger partial charge in [-0.1, -0.05) is 58.2 Å². The quantitative estimate of drug-likeness (QED) is 0.744. The molecule has 1 saturated carbocycles. The Balaban J connectivity index is 2.13. The molecule has 1 aromatic carbocycles. The highest BCUT2D eigenvalue weighted by atomic mass is 19.1. The second-order valence-corrected chi connectivity index (χ2v) is 9.71. The Kier molecular flexibility index (Phi) is 6.85. The van der Waals surface area contributed by atoms with Gasteiger partial charge < -0.3 is 15.4 Å². The van der Waals surface area contributed by atoms with Crippen molar-refractivity contribution in [1.29, 1.82) is 0 Å². The number of likely N-dealkylation sites (tertiary alicyclic amines) is 1. The van der Waals surface area contributed by atoms with Crippen molar-refractivity contribution in [3.05, 3.63) is 35.6 Å². The number of rotatable bonds is 4. The molecule has 1 aliphatic heterocycles. The molecule has 0 radical (unpaired) electrons. The van der Waals surface area contributed by atoms with Crippen LogP contribution in [0.25, 0.3) is 0 Å². The number of hydrogen-bond donors (Lipinski definition) is 1. The molecule has 6 heteroatoms. The molecule has 2 aliphatic rings. The first-order valence-electron chi connectivity index (χ1n) is 11.2. The van der Waals surface area contributed by atoms with Gasteiger partial charge in [0, 0.05) is 23.4 Å². The van der Waals surface area contributed by atoms with Crippen LogP contribution in [-0.4, -0.2) is 35.5 Å². The molecule has 3 rings (SSSR count). The molecular weight excluding hydrogens is 383 g/mol. The van der Waals surface area contributed by atoms with Crippen LogP contribution in [-0.2, 0) is 14.3 Å². The summed E-state index contributed by atoms with van der Waals surface area (Å²) < 4.78 is 20.3. The Morgan fingerprint density at radius 1 is 1.17 bits per heavy atom. The predicted molar refractivity (Wildman–Crippen MR) is 114 cm³/mol. The van der Waals surface area contributed by atoms with Crippen molar-refractivity contribution in [2.75, 3.05) is 6.61 Å². The Labute approximate surface area is 179 Å². The number of hydrogen-bond acceptors (Lipinski definition) is 4. The Morgan fingerprint density at radius 3 is 2.37 bits per heavy atom. The van der Waals surface area contributed by atoms with E-state index in [2.05, 4.69) is 0 Å². The second kappa shape index (κ2) is 9.04. The maximum atomic E-state index is 14.9. The van der Waals surface area contributed by atoms with E-state index < -0.39 is 29.9 Å². The van der Waals surface area contributed by atoms with E-state index in [9.17, 15) is 14.0 Å². The Morgan fingerprint density at radius 2 is 1.80 bits per heavy atom. The summed E-state index contributed by atoms with van der Waals surface area (Å²) in [6.45, 7) is 8.00. The number of esters is 1. The van der Waals surface area contributed by atoms with Crippen molar-refractivity contribution in [2.45, 2.75) is 77.9 Å². The predicted octanol–water partition coefficient (Wildman–Crippen LogP) is 4.21. The lowest BCUT2D eigenvalue weighted by Gasteiger charge is -2.36. The maximum Gasteiger partial charge on any atom is 0.329 e. The smallest absolute Gasteiger partial charge is 0.329 e. The number of benzene rings is 1. The summed E-state index contributed by atoms with van der Waals surface area (Å²) >= 11 is 0. The standard InChI is InChI=1S/C24H35FN2O3/c1-5-30-23(29)21-18(24(2,3)4)19(26)20(16-13-9-10-14-17(16)25)27(21)22(28)15-11-7-6-8-12-15/h9-10,13-15,18-21H,5-8,11-12,26H2,1-4H3/t18-,19-,20-,21-/m0/s1. The van der Waals surface area contributed by atoms with E-state index in [1.807, 2.05) is 20.8 Å². The fraction of sp³-hybridized carbons (Fsp3) is 0.667. The van der Waals surface area contributed by atoms with Gasteiger partial charge in [-0.15, -0.1) is 0 Å². The van der Waals surface area contributed by atoms with Crippen LogP contribution in [0, 0.1) is 23.1 Å². The van der Waals surface area contributed by atoms with E-state index >= 15 is 0 Å². The molecule has 1 amide bonds. The van der Waals surface area contributed by atoms with Gasteiger partial charge >= 0.3 is 5.97 Å². The van der Waals surface area contributed by atoms with Crippen LogP contribution in [0.4, 0.5) is 4.39 Å². The zero-order valence-electron chi connectivity index (χ0n) is 18.6. The van der Waals surface area contributed by atoms with Crippen LogP contribution in [0.3, 0.4) is 0 Å². The normalized spacial score (nSPS) is 27.9. The number of nitrogens with zero attached hydrogens (tertiary/aromatic N) is 1. The van der Waals surface area contributed by atoms with Gasteiger partial charge in [0.25, 0.3) is 0 Å². The molecule has 0 aromatic heterocycles. The summed E-state index contributed by atoms with van der Waals surface area (Å²) in [4.78, 5) is 28.5. The third kappa shape index (κ3) is 4.25. The van der Waals surface area contributed by atoms with E-state index in [0.717, 1.165) is 32.1 Å². The molecule has 1 saturated heterocycles. The van der Waals surface area contributed by atoms with Gasteiger partial charge in [-0.2, -0.15) is 0 Å². The van der Waals surface area contributed by atoms with Gasteiger partial charge in [0.1, 0.15) is 11.9 Å². The monoisotopic (exact) mass is 418 g/mol. The first-order chi connectivity index (χ1) is 14.2. The molecular formula is C24H35FN2O3. The zero-order valence-corrected chi connectivity index (χ0v) is 18.6. The lowest BCUT2D eigenvalue weighted by atomic mass is 9.73. The highest BCUT2D eigenvalue weighted by molar-refractivity contribution is 5.88. The molecule has 30 heavy (non-hydrogen) atoms. The molecule has 0 bridgehead atoms. The first-order valence-corrected chi connectivity index (χ1v) is 11.2. The molecule has 1 aromatic rings. The summed E-state index contributed by atoms with van der Waals surface area (Å²) in [6, 6.07) is 4.33. The van der Waals surface area contributed by atoms with Crippen molar-refractivity contribution in [3.63, 3.8) is 0 Å². The van der Waals surface area contributed by atoms with E-state index in [1.54, 1.807) is 30.0 Å². The van der Waals surface area contributed by atoms with Crippen LogP contribution >= 0.6 is 0 Å². The van der Waals surface area contributed by atoms with E-state index in [-0.39, 0.29) is 29.8 Å². The van der Waals surface area contributed by atoms with E-state index in [4.69, 9.17) is 10.5 Å². The number of nitrogens with two attached hydrogens (primary N) is 1. The number of halogens is 1. The molecule has 1 heterocycles. The third-order valence-electron chi connectivity index (χ3n) is 6.68. The lowest BCUT2D eigenvalue weighted by molar-refractivity contribution is -0.158. The average Bonchev–Trinajstić information content (AvgIpc) is 3.02. The van der Waals surface area contributed by atoms with Crippen LogP contribution in [0.15, 0.2) is 24.3 Å². The zero-order chi connectivity index (χ0) is 22.1. The van der Waals surface area contributed by atoms with Gasteiger partial charge in [-0.3, -0.25) is 4.79 Å². The molecule has 166 valence electrons. The van der Waals surface area contributed by atoms with Crippen molar-refractivity contribution in [1.82, 2.24) is 4.90 Å². The topological polar surface area (TPSA) is 72.6 Å². The SMILES string of the molecule is CCOC(=O)[C@@H]1[C@@H](C(C)(C)C)[C@H](N)[C@H](c2ccccc2F)N1C(=O)C1CCCCC1. The highest BCUT2D eigenvalue weighted by Crippen LogP contribution is 2.48. The van der Waals surface area contributed by atoms with Crippen molar-refractivity contribution in [3.8, 4) is 0 Å². The van der Waals surface area contributed by atoms with Gasteiger partial charge in [-0.25, -0.2) is 9.18 Å². The summed E-state index contributed by atoms with van der Waals surface area (Å²) in [5, 5.41) is 0. The fourth-order valence-corrected chi connectivity index (χ4v) is 5.38. The van der Waals surface area contributed by atoms with Crippen LogP contribution in [0.1, 0.15) is 71.4 Å². The minimum absolute atomic E-state index is 0.0943. The first kappa shape index (κ1) is 22.7. The van der Waals surface area contributed by atoms with Crippen molar-refractivity contribution < 1.29 is 18.7 Å². The number of ether oxygens (including phenoxy) is 1. The highest BCUT2D eigenvalue weighted by Gasteiger charge is 2.58. The Bertz CT molecular complexity index is 770. The molecule has 0 unspecified atom stereocenters.